The zero-order chi connectivity index (χ0) is 16.2. The number of hydrogen-bond donors (Lipinski definition) is 2. The second-order valence-electron chi connectivity index (χ2n) is 2.30. The van der Waals surface area contributed by atoms with E-state index in [1.807, 2.05) is 0 Å². The standard InChI is InChI=1S/2C2H3N3.2C2H4O2.O2.Zn/c2*1-2-4-5-3-1;2*1-2(3)4;1-2;/h2*1-2H,(H,3,4,5);2*1H3,(H,3,4);;/q;;;;;+2/p-2. The zero-order valence-corrected chi connectivity index (χ0v) is 14.2. The summed E-state index contributed by atoms with van der Waals surface area (Å²) in [6, 6.07) is 0. The number of carbonyl (C=O) groups excluding carboxylic acids is 2. The van der Waals surface area contributed by atoms with E-state index in [1.165, 1.54) is 0 Å². The van der Waals surface area contributed by atoms with E-state index in [4.69, 9.17) is 29.7 Å². The molecule has 0 radical (unpaired) electrons. The van der Waals surface area contributed by atoms with Gasteiger partial charge in [-0.1, -0.05) is 0 Å². The molecular formula is C8H12N6O6Zn. The first-order valence-electron chi connectivity index (χ1n) is 4.58. The van der Waals surface area contributed by atoms with Gasteiger partial charge in [-0.25, -0.2) is 0 Å². The Morgan fingerprint density at radius 2 is 0.905 bits per heavy atom. The summed E-state index contributed by atoms with van der Waals surface area (Å²) in [5.41, 5.74) is 0. The van der Waals surface area contributed by atoms with Crippen molar-refractivity contribution in [3.8, 4) is 0 Å². The Kier molecular flexibility index (Phi) is 33.4. The molecule has 2 aromatic heterocycles. The van der Waals surface area contributed by atoms with Crippen LogP contribution in [0.1, 0.15) is 13.8 Å². The molecule has 0 fully saturated rings. The van der Waals surface area contributed by atoms with Crippen LogP contribution in [0, 0.1) is 9.93 Å². The van der Waals surface area contributed by atoms with Crippen LogP contribution in [0.4, 0.5) is 0 Å². The van der Waals surface area contributed by atoms with Crippen molar-refractivity contribution < 1.29 is 39.3 Å². The van der Waals surface area contributed by atoms with Gasteiger partial charge in [-0.15, -0.1) is 0 Å². The van der Waals surface area contributed by atoms with E-state index in [9.17, 15) is 0 Å². The molecule has 2 N–H and O–H groups in total. The number of carboxylic acid groups (broad SMARTS) is 2. The van der Waals surface area contributed by atoms with Gasteiger partial charge in [-0.2, -0.15) is 30.8 Å². The largest absolute Gasteiger partial charge is 2.00 e. The fraction of sp³-hybridized carbons (Fsp3) is 0.250. The number of aliphatic carboxylic acids is 2. The fourth-order valence-corrected chi connectivity index (χ4v) is 0.333. The van der Waals surface area contributed by atoms with Crippen molar-refractivity contribution in [3.63, 3.8) is 0 Å². The van der Waals surface area contributed by atoms with Gasteiger partial charge in [0.05, 0.1) is 24.8 Å². The summed E-state index contributed by atoms with van der Waals surface area (Å²) in [6.45, 7) is 1.94. The number of nitrogens with zero attached hydrogens (tertiary/aromatic N) is 4. The van der Waals surface area contributed by atoms with E-state index in [1.54, 1.807) is 24.8 Å². The average molecular weight is 354 g/mol. The van der Waals surface area contributed by atoms with E-state index in [2.05, 4.69) is 30.8 Å². The molecule has 0 saturated carbocycles. The molecular weight excluding hydrogens is 342 g/mol. The molecule has 0 saturated heterocycles. The third-order valence-electron chi connectivity index (χ3n) is 0.662. The maximum atomic E-state index is 8.89. The minimum atomic E-state index is -1.08. The molecule has 0 unspecified atom stereocenters. The minimum absolute atomic E-state index is 0. The number of carbonyl (C=O) groups is 2. The maximum Gasteiger partial charge on any atom is 2.00 e. The normalized spacial score (nSPS) is 6.38. The SMILES string of the molecule is CC(=O)[O-].CC(=O)[O-].O=O.[Zn+2].c1cn[nH]n1.c1cn[nH]n1. The van der Waals surface area contributed by atoms with Gasteiger partial charge in [-0.3, -0.25) is 0 Å². The third kappa shape index (κ3) is 75.1. The van der Waals surface area contributed by atoms with E-state index >= 15 is 0 Å². The molecule has 112 valence electrons. The van der Waals surface area contributed by atoms with Gasteiger partial charge in [0.2, 0.25) is 0 Å². The molecule has 0 spiro atoms. The van der Waals surface area contributed by atoms with E-state index < -0.39 is 11.9 Å². The van der Waals surface area contributed by atoms with Gasteiger partial charge in [0.25, 0.3) is 0 Å². The van der Waals surface area contributed by atoms with Crippen LogP contribution in [0.5, 0.6) is 0 Å². The summed E-state index contributed by atoms with van der Waals surface area (Å²) in [4.78, 5) is 31.8. The summed E-state index contributed by atoms with van der Waals surface area (Å²) in [7, 11) is 0. The van der Waals surface area contributed by atoms with Crippen LogP contribution in [0.2, 0.25) is 0 Å². The van der Waals surface area contributed by atoms with Gasteiger partial charge in [0.15, 0.2) is 0 Å². The first-order valence-corrected chi connectivity index (χ1v) is 4.58. The summed E-state index contributed by atoms with van der Waals surface area (Å²) >= 11 is 0. The van der Waals surface area contributed by atoms with Crippen LogP contribution in [-0.2, 0) is 29.1 Å². The van der Waals surface area contributed by atoms with E-state index in [0.29, 0.717) is 0 Å². The van der Waals surface area contributed by atoms with Crippen molar-refractivity contribution in [3.05, 3.63) is 34.7 Å². The number of aromatic amines is 2. The first kappa shape index (κ1) is 26.9. The van der Waals surface area contributed by atoms with Crippen LogP contribution in [-0.4, -0.2) is 42.8 Å². The number of nitrogens with one attached hydrogen (secondary N) is 2. The quantitative estimate of drug-likeness (QED) is 0.466. The number of carboxylic acids is 2. The number of hydrogen-bond acceptors (Lipinski definition) is 10. The Hall–Kier alpha value is -2.56. The summed E-state index contributed by atoms with van der Waals surface area (Å²) in [5.74, 6) is -2.17. The van der Waals surface area contributed by atoms with Crippen LogP contribution >= 0.6 is 0 Å². The van der Waals surface area contributed by atoms with Crippen molar-refractivity contribution in [2.75, 3.05) is 0 Å². The molecule has 0 aliphatic carbocycles. The Morgan fingerprint density at radius 1 is 0.762 bits per heavy atom. The maximum absolute atomic E-state index is 8.89. The molecule has 0 aliphatic heterocycles. The molecule has 13 heteroatoms. The Morgan fingerprint density at radius 3 is 0.952 bits per heavy atom. The first-order chi connectivity index (χ1) is 9.46. The molecule has 21 heavy (non-hydrogen) atoms. The van der Waals surface area contributed by atoms with Crippen molar-refractivity contribution in [2.45, 2.75) is 13.8 Å². The van der Waals surface area contributed by atoms with Crippen LogP contribution < -0.4 is 10.2 Å². The molecule has 12 nitrogen and oxygen atoms in total. The van der Waals surface area contributed by atoms with Crippen molar-refractivity contribution in [1.82, 2.24) is 30.8 Å². The molecule has 2 heterocycles. The van der Waals surface area contributed by atoms with Gasteiger partial charge in [0, 0.05) is 21.9 Å². The molecule has 0 aliphatic rings. The average Bonchev–Trinajstić information content (AvgIpc) is 3.09. The number of H-pyrrole nitrogens is 2. The van der Waals surface area contributed by atoms with E-state index in [0.717, 1.165) is 13.8 Å². The van der Waals surface area contributed by atoms with Crippen LogP contribution in [0.3, 0.4) is 0 Å². The fourth-order valence-electron chi connectivity index (χ4n) is 0.333. The summed E-state index contributed by atoms with van der Waals surface area (Å²) in [5, 5.41) is 36.4. The number of rotatable bonds is 0. The monoisotopic (exact) mass is 352 g/mol. The topological polar surface area (TPSA) is 198 Å². The van der Waals surface area contributed by atoms with Crippen molar-refractivity contribution in [2.24, 2.45) is 0 Å². The Labute approximate surface area is 131 Å². The van der Waals surface area contributed by atoms with Crippen molar-refractivity contribution in [1.29, 1.82) is 0 Å². The van der Waals surface area contributed by atoms with Crippen LogP contribution in [0.15, 0.2) is 24.8 Å². The van der Waals surface area contributed by atoms with Crippen molar-refractivity contribution >= 4 is 11.9 Å². The Bertz CT molecular complexity index is 317. The summed E-state index contributed by atoms with van der Waals surface area (Å²) < 4.78 is 0. The minimum Gasteiger partial charge on any atom is -0.550 e. The molecule has 2 rings (SSSR count). The second kappa shape index (κ2) is 26.1. The van der Waals surface area contributed by atoms with Gasteiger partial charge in [-0.05, 0) is 13.8 Å². The third-order valence-corrected chi connectivity index (χ3v) is 0.662. The molecule has 0 aromatic carbocycles. The Balaban J connectivity index is -0.0000000876. The predicted octanol–water partition coefficient (Wildman–Crippen LogP) is -2.81. The van der Waals surface area contributed by atoms with Gasteiger partial charge < -0.3 is 19.8 Å². The second-order valence-corrected chi connectivity index (χ2v) is 2.30. The zero-order valence-electron chi connectivity index (χ0n) is 11.3. The van der Waals surface area contributed by atoms with Gasteiger partial charge >= 0.3 is 19.5 Å². The molecule has 2 aromatic rings. The predicted molar refractivity (Wildman–Crippen MR) is 60.9 cm³/mol. The smallest absolute Gasteiger partial charge is 0.550 e. The van der Waals surface area contributed by atoms with Crippen LogP contribution in [0.25, 0.3) is 0 Å². The number of aromatic nitrogens is 6. The molecule has 0 bridgehead atoms. The summed E-state index contributed by atoms with van der Waals surface area (Å²) in [6.07, 6.45) is 6.33. The van der Waals surface area contributed by atoms with Gasteiger partial charge in [0.1, 0.15) is 0 Å². The molecule has 0 atom stereocenters. The van der Waals surface area contributed by atoms with E-state index in [-0.39, 0.29) is 19.5 Å². The molecule has 0 amide bonds.